The first-order chi connectivity index (χ1) is 14.7. The lowest BCUT2D eigenvalue weighted by Crippen LogP contribution is -2.43. The van der Waals surface area contributed by atoms with Crippen molar-refractivity contribution < 1.29 is 9.59 Å². The number of carbonyl (C=O) groups excluding carboxylic acids is 2. The van der Waals surface area contributed by atoms with Crippen LogP contribution in [0.1, 0.15) is 16.0 Å². The van der Waals surface area contributed by atoms with Crippen molar-refractivity contribution >= 4 is 23.2 Å². The van der Waals surface area contributed by atoms with Crippen LogP contribution < -0.4 is 0 Å². The first-order valence-electron chi connectivity index (χ1n) is 9.92. The van der Waals surface area contributed by atoms with E-state index in [2.05, 4.69) is 6.58 Å². The van der Waals surface area contributed by atoms with Crippen LogP contribution in [0.4, 0.5) is 0 Å². The Hall–Kier alpha value is -3.18. The zero-order valence-corrected chi connectivity index (χ0v) is 17.8. The van der Waals surface area contributed by atoms with Crippen molar-refractivity contribution in [3.05, 3.63) is 107 Å². The maximum absolute atomic E-state index is 13.2. The molecule has 0 unspecified atom stereocenters. The van der Waals surface area contributed by atoms with Crippen LogP contribution in [-0.2, 0) is 29.1 Å². The second kappa shape index (κ2) is 11.1. The minimum absolute atomic E-state index is 0.0376. The van der Waals surface area contributed by atoms with E-state index in [1.165, 1.54) is 0 Å². The third-order valence-electron chi connectivity index (χ3n) is 4.72. The van der Waals surface area contributed by atoms with Gasteiger partial charge in [-0.25, -0.2) is 0 Å². The second-order valence-corrected chi connectivity index (χ2v) is 8.07. The lowest BCUT2D eigenvalue weighted by Gasteiger charge is -2.27. The zero-order chi connectivity index (χ0) is 21.2. The summed E-state index contributed by atoms with van der Waals surface area (Å²) in [5, 5.41) is 2.01. The molecule has 1 aromatic heterocycles. The summed E-state index contributed by atoms with van der Waals surface area (Å²) in [4.78, 5) is 30.6. The van der Waals surface area contributed by atoms with Crippen LogP contribution in [0.5, 0.6) is 0 Å². The number of hydrogen-bond donors (Lipinski definition) is 0. The predicted molar refractivity (Wildman–Crippen MR) is 122 cm³/mol. The fourth-order valence-corrected chi connectivity index (χ4v) is 3.90. The Morgan fingerprint density at radius 1 is 0.800 bits per heavy atom. The highest BCUT2D eigenvalue weighted by Gasteiger charge is 2.21. The Kier molecular flexibility index (Phi) is 7.98. The van der Waals surface area contributed by atoms with Gasteiger partial charge in [-0.1, -0.05) is 72.8 Å². The minimum atomic E-state index is -0.0785. The molecule has 0 fully saturated rings. The van der Waals surface area contributed by atoms with Crippen LogP contribution in [0.25, 0.3) is 0 Å². The van der Waals surface area contributed by atoms with E-state index in [1.807, 2.05) is 83.1 Å². The molecular formula is C25H26N2O2S. The number of carbonyl (C=O) groups is 2. The summed E-state index contributed by atoms with van der Waals surface area (Å²) < 4.78 is 0. The molecule has 0 aliphatic rings. The molecule has 0 bridgehead atoms. The van der Waals surface area contributed by atoms with E-state index in [0.29, 0.717) is 19.6 Å². The SMILES string of the molecule is C=CCN(CC(=O)N(Cc1ccccc1)Cc1cccs1)C(=O)Cc1ccccc1. The molecule has 0 N–H and O–H groups in total. The van der Waals surface area contributed by atoms with Gasteiger partial charge in [0.15, 0.2) is 0 Å². The minimum Gasteiger partial charge on any atom is -0.332 e. The van der Waals surface area contributed by atoms with Gasteiger partial charge in [0.1, 0.15) is 6.54 Å². The summed E-state index contributed by atoms with van der Waals surface area (Å²) in [6.45, 7) is 5.17. The van der Waals surface area contributed by atoms with Crippen molar-refractivity contribution in [1.82, 2.24) is 9.80 Å². The van der Waals surface area contributed by atoms with Crippen molar-refractivity contribution in [2.45, 2.75) is 19.5 Å². The Bertz CT molecular complexity index is 940. The van der Waals surface area contributed by atoms with E-state index in [4.69, 9.17) is 0 Å². The van der Waals surface area contributed by atoms with Gasteiger partial charge in [0.25, 0.3) is 0 Å². The van der Waals surface area contributed by atoms with Crippen molar-refractivity contribution in [3.8, 4) is 0 Å². The Balaban J connectivity index is 1.72. The fraction of sp³-hybridized carbons (Fsp3) is 0.200. The van der Waals surface area contributed by atoms with Gasteiger partial charge in [-0.05, 0) is 22.6 Å². The smallest absolute Gasteiger partial charge is 0.242 e. The number of rotatable bonds is 10. The molecular weight excluding hydrogens is 392 g/mol. The van der Waals surface area contributed by atoms with Gasteiger partial charge in [-0.15, -0.1) is 17.9 Å². The number of benzene rings is 2. The molecule has 3 aromatic rings. The van der Waals surface area contributed by atoms with Gasteiger partial charge in [0, 0.05) is 18.0 Å². The van der Waals surface area contributed by atoms with Crippen molar-refractivity contribution in [1.29, 1.82) is 0 Å². The molecule has 5 heteroatoms. The van der Waals surface area contributed by atoms with Crippen LogP contribution in [0.15, 0.2) is 90.8 Å². The molecule has 0 aliphatic carbocycles. The Labute approximate surface area is 182 Å². The third-order valence-corrected chi connectivity index (χ3v) is 5.58. The molecule has 2 amide bonds. The monoisotopic (exact) mass is 418 g/mol. The van der Waals surface area contributed by atoms with Crippen LogP contribution in [-0.4, -0.2) is 34.7 Å². The zero-order valence-electron chi connectivity index (χ0n) is 16.9. The van der Waals surface area contributed by atoms with Gasteiger partial charge >= 0.3 is 0 Å². The molecule has 2 aromatic carbocycles. The molecule has 30 heavy (non-hydrogen) atoms. The standard InChI is InChI=1S/C25H26N2O2S/c1-2-15-26(24(28)17-21-10-5-3-6-11-21)20-25(29)27(19-23-14-9-16-30-23)18-22-12-7-4-8-13-22/h2-14,16H,1,15,17-20H2. The van der Waals surface area contributed by atoms with Crippen LogP contribution in [0.2, 0.25) is 0 Å². The topological polar surface area (TPSA) is 40.6 Å². The average molecular weight is 419 g/mol. The maximum atomic E-state index is 13.2. The summed E-state index contributed by atoms with van der Waals surface area (Å²) >= 11 is 1.63. The molecule has 0 saturated carbocycles. The van der Waals surface area contributed by atoms with E-state index in [-0.39, 0.29) is 24.8 Å². The summed E-state index contributed by atoms with van der Waals surface area (Å²) in [5.74, 6) is -0.152. The quantitative estimate of drug-likeness (QED) is 0.454. The van der Waals surface area contributed by atoms with Crippen LogP contribution in [0.3, 0.4) is 0 Å². The van der Waals surface area contributed by atoms with E-state index in [0.717, 1.165) is 16.0 Å². The highest BCUT2D eigenvalue weighted by molar-refractivity contribution is 7.09. The summed E-state index contributed by atoms with van der Waals surface area (Å²) in [5.41, 5.74) is 2.00. The number of amides is 2. The Morgan fingerprint density at radius 3 is 2.07 bits per heavy atom. The van der Waals surface area contributed by atoms with Crippen molar-refractivity contribution in [2.24, 2.45) is 0 Å². The second-order valence-electron chi connectivity index (χ2n) is 7.04. The molecule has 0 radical (unpaired) electrons. The van der Waals surface area contributed by atoms with Crippen molar-refractivity contribution in [3.63, 3.8) is 0 Å². The largest absolute Gasteiger partial charge is 0.332 e. The summed E-state index contributed by atoms with van der Waals surface area (Å²) in [6, 6.07) is 23.5. The fourth-order valence-electron chi connectivity index (χ4n) is 3.18. The molecule has 3 rings (SSSR count). The van der Waals surface area contributed by atoms with E-state index < -0.39 is 0 Å². The van der Waals surface area contributed by atoms with E-state index in [9.17, 15) is 9.59 Å². The number of nitrogens with zero attached hydrogens (tertiary/aromatic N) is 2. The van der Waals surface area contributed by atoms with Gasteiger partial charge in [0.05, 0.1) is 13.0 Å². The average Bonchev–Trinajstić information content (AvgIpc) is 3.27. The highest BCUT2D eigenvalue weighted by atomic mass is 32.1. The lowest BCUT2D eigenvalue weighted by molar-refractivity contribution is -0.140. The van der Waals surface area contributed by atoms with Gasteiger partial charge in [-0.3, -0.25) is 9.59 Å². The molecule has 154 valence electrons. The Morgan fingerprint density at radius 2 is 1.47 bits per heavy atom. The normalized spacial score (nSPS) is 10.4. The van der Waals surface area contributed by atoms with E-state index in [1.54, 1.807) is 22.3 Å². The first kappa shape index (κ1) is 21.5. The summed E-state index contributed by atoms with van der Waals surface area (Å²) in [6.07, 6.45) is 1.93. The maximum Gasteiger partial charge on any atom is 0.242 e. The van der Waals surface area contributed by atoms with Gasteiger partial charge in [-0.2, -0.15) is 0 Å². The third kappa shape index (κ3) is 6.42. The van der Waals surface area contributed by atoms with E-state index >= 15 is 0 Å². The molecule has 0 saturated heterocycles. The highest BCUT2D eigenvalue weighted by Crippen LogP contribution is 2.15. The van der Waals surface area contributed by atoms with Crippen LogP contribution >= 0.6 is 11.3 Å². The molecule has 0 atom stereocenters. The summed E-state index contributed by atoms with van der Waals surface area (Å²) in [7, 11) is 0. The molecule has 1 heterocycles. The van der Waals surface area contributed by atoms with Crippen LogP contribution in [0, 0.1) is 0 Å². The number of hydrogen-bond acceptors (Lipinski definition) is 3. The van der Waals surface area contributed by atoms with Crippen molar-refractivity contribution in [2.75, 3.05) is 13.1 Å². The van der Waals surface area contributed by atoms with Gasteiger partial charge < -0.3 is 9.80 Å². The molecule has 0 aliphatic heterocycles. The predicted octanol–water partition coefficient (Wildman–Crippen LogP) is 4.53. The lowest BCUT2D eigenvalue weighted by atomic mass is 10.1. The van der Waals surface area contributed by atoms with Gasteiger partial charge in [0.2, 0.25) is 11.8 Å². The first-order valence-corrected chi connectivity index (χ1v) is 10.8. The number of thiophene rings is 1. The molecule has 0 spiro atoms. The molecule has 4 nitrogen and oxygen atoms in total.